The molecule has 0 aliphatic carbocycles. The first-order valence-electron chi connectivity index (χ1n) is 5.49. The number of hydrogen-bond acceptors (Lipinski definition) is 2. The fourth-order valence-corrected chi connectivity index (χ4v) is 2.54. The largest absolute Gasteiger partial charge is 0.373 e. The third-order valence-electron chi connectivity index (χ3n) is 3.01. The lowest BCUT2D eigenvalue weighted by Crippen LogP contribution is -2.29. The molecule has 1 aliphatic rings. The highest BCUT2D eigenvalue weighted by Gasteiger charge is 2.28. The minimum atomic E-state index is -0.214. The van der Waals surface area contributed by atoms with Gasteiger partial charge in [0, 0.05) is 22.6 Å². The monoisotopic (exact) mass is 287 g/mol. The Morgan fingerprint density at radius 1 is 1.50 bits per heavy atom. The van der Waals surface area contributed by atoms with Gasteiger partial charge in [-0.2, -0.15) is 0 Å². The second-order valence-electron chi connectivity index (χ2n) is 4.10. The van der Waals surface area contributed by atoms with Crippen LogP contribution in [0.25, 0.3) is 0 Å². The van der Waals surface area contributed by atoms with Crippen LogP contribution >= 0.6 is 15.9 Å². The van der Waals surface area contributed by atoms with E-state index in [2.05, 4.69) is 15.9 Å². The lowest BCUT2D eigenvalue weighted by molar-refractivity contribution is -0.0271. The molecule has 2 rings (SSSR count). The van der Waals surface area contributed by atoms with Gasteiger partial charge >= 0.3 is 0 Å². The average Bonchev–Trinajstić information content (AvgIpc) is 2.32. The van der Waals surface area contributed by atoms with E-state index in [1.54, 1.807) is 12.1 Å². The van der Waals surface area contributed by atoms with Crippen molar-refractivity contribution in [3.63, 3.8) is 0 Å². The Morgan fingerprint density at radius 2 is 2.31 bits per heavy atom. The Balaban J connectivity index is 2.30. The molecule has 1 aromatic carbocycles. The normalized spacial score (nSPS) is 25.7. The molecule has 0 spiro atoms. The predicted octanol–water partition coefficient (Wildman–Crippen LogP) is 3.01. The molecular weight excluding hydrogens is 273 g/mol. The fraction of sp³-hybridized carbons (Fsp3) is 0.500. The first-order chi connectivity index (χ1) is 7.72. The van der Waals surface area contributed by atoms with Crippen molar-refractivity contribution in [2.75, 3.05) is 13.2 Å². The van der Waals surface area contributed by atoms with E-state index in [9.17, 15) is 4.39 Å². The van der Waals surface area contributed by atoms with E-state index < -0.39 is 0 Å². The first-order valence-corrected chi connectivity index (χ1v) is 6.28. The summed E-state index contributed by atoms with van der Waals surface area (Å²) in [6, 6.07) is 4.94. The molecule has 0 bridgehead atoms. The van der Waals surface area contributed by atoms with E-state index in [1.165, 1.54) is 6.07 Å². The van der Waals surface area contributed by atoms with E-state index in [0.717, 1.165) is 17.3 Å². The zero-order valence-corrected chi connectivity index (χ0v) is 10.5. The maximum Gasteiger partial charge on any atom is 0.129 e. The van der Waals surface area contributed by atoms with Gasteiger partial charge in [0.15, 0.2) is 0 Å². The van der Waals surface area contributed by atoms with E-state index in [4.69, 9.17) is 10.5 Å². The quantitative estimate of drug-likeness (QED) is 0.908. The van der Waals surface area contributed by atoms with Crippen LogP contribution in [0.5, 0.6) is 0 Å². The van der Waals surface area contributed by atoms with E-state index in [0.29, 0.717) is 18.7 Å². The summed E-state index contributed by atoms with van der Waals surface area (Å²) in [5.74, 6) is 0.00565. The van der Waals surface area contributed by atoms with Gasteiger partial charge in [-0.3, -0.25) is 0 Å². The second kappa shape index (κ2) is 5.25. The van der Waals surface area contributed by atoms with Crippen molar-refractivity contribution >= 4 is 15.9 Å². The molecule has 2 N–H and O–H groups in total. The van der Waals surface area contributed by atoms with Crippen LogP contribution in [0.4, 0.5) is 4.39 Å². The van der Waals surface area contributed by atoms with Gasteiger partial charge in [0.05, 0.1) is 6.10 Å². The van der Waals surface area contributed by atoms with Crippen LogP contribution in [0.15, 0.2) is 22.7 Å². The minimum Gasteiger partial charge on any atom is -0.373 e. The van der Waals surface area contributed by atoms with Crippen molar-refractivity contribution in [1.82, 2.24) is 0 Å². The van der Waals surface area contributed by atoms with Gasteiger partial charge in [-0.1, -0.05) is 15.9 Å². The lowest BCUT2D eigenvalue weighted by atomic mass is 9.89. The first kappa shape index (κ1) is 12.0. The molecule has 1 aliphatic heterocycles. The summed E-state index contributed by atoms with van der Waals surface area (Å²) < 4.78 is 20.3. The molecule has 0 amide bonds. The van der Waals surface area contributed by atoms with E-state index >= 15 is 0 Å². The smallest absolute Gasteiger partial charge is 0.129 e. The molecular formula is C12H15BrFNO. The van der Waals surface area contributed by atoms with Gasteiger partial charge in [-0.15, -0.1) is 0 Å². The van der Waals surface area contributed by atoms with Crippen molar-refractivity contribution in [2.45, 2.75) is 18.9 Å². The van der Waals surface area contributed by atoms with Crippen LogP contribution in [0, 0.1) is 11.7 Å². The summed E-state index contributed by atoms with van der Waals surface area (Å²) in [6.07, 6.45) is 1.82. The van der Waals surface area contributed by atoms with Gasteiger partial charge in [-0.25, -0.2) is 4.39 Å². The molecule has 1 fully saturated rings. The van der Waals surface area contributed by atoms with E-state index in [1.807, 2.05) is 0 Å². The molecule has 2 nitrogen and oxygen atoms in total. The molecule has 2 unspecified atom stereocenters. The third kappa shape index (κ3) is 2.44. The molecule has 0 radical (unpaired) electrons. The zero-order chi connectivity index (χ0) is 11.5. The number of rotatable bonds is 2. The Bertz CT molecular complexity index is 372. The maximum absolute atomic E-state index is 13.7. The van der Waals surface area contributed by atoms with Crippen molar-refractivity contribution in [1.29, 1.82) is 0 Å². The molecule has 88 valence electrons. The van der Waals surface area contributed by atoms with Crippen LogP contribution in [0.1, 0.15) is 24.5 Å². The van der Waals surface area contributed by atoms with E-state index in [-0.39, 0.29) is 17.8 Å². The molecule has 1 heterocycles. The van der Waals surface area contributed by atoms with Crippen molar-refractivity contribution < 1.29 is 9.13 Å². The standard InChI is InChI=1S/C12H15BrFNO/c13-9-3-4-11(14)10(6-9)12-8(7-15)2-1-5-16-12/h3-4,6,8,12H,1-2,5,7,15H2. The van der Waals surface area contributed by atoms with Crippen LogP contribution in [0.2, 0.25) is 0 Å². The maximum atomic E-state index is 13.7. The number of halogens is 2. The van der Waals surface area contributed by atoms with Crippen LogP contribution in [-0.4, -0.2) is 13.2 Å². The topological polar surface area (TPSA) is 35.2 Å². The lowest BCUT2D eigenvalue weighted by Gasteiger charge is -2.31. The Hall–Kier alpha value is -0.450. The minimum absolute atomic E-state index is 0.198. The molecule has 16 heavy (non-hydrogen) atoms. The number of benzene rings is 1. The Kier molecular flexibility index (Phi) is 3.95. The fourth-order valence-electron chi connectivity index (χ4n) is 2.16. The molecule has 2 atom stereocenters. The summed E-state index contributed by atoms with van der Waals surface area (Å²) in [4.78, 5) is 0. The van der Waals surface area contributed by atoms with Crippen molar-refractivity contribution in [2.24, 2.45) is 11.7 Å². The van der Waals surface area contributed by atoms with Gasteiger partial charge in [0.25, 0.3) is 0 Å². The number of hydrogen-bond donors (Lipinski definition) is 1. The third-order valence-corrected chi connectivity index (χ3v) is 3.51. The van der Waals surface area contributed by atoms with Crippen LogP contribution in [0.3, 0.4) is 0 Å². The van der Waals surface area contributed by atoms with Gasteiger partial charge in [0.1, 0.15) is 5.82 Å². The van der Waals surface area contributed by atoms with Gasteiger partial charge in [-0.05, 0) is 37.6 Å². The van der Waals surface area contributed by atoms with Crippen molar-refractivity contribution in [3.8, 4) is 0 Å². The predicted molar refractivity (Wildman–Crippen MR) is 64.6 cm³/mol. The highest BCUT2D eigenvalue weighted by atomic mass is 79.9. The SMILES string of the molecule is NCC1CCCOC1c1cc(Br)ccc1F. The average molecular weight is 288 g/mol. The highest BCUT2D eigenvalue weighted by Crippen LogP contribution is 2.35. The van der Waals surface area contributed by atoms with Crippen LogP contribution < -0.4 is 5.73 Å². The zero-order valence-electron chi connectivity index (χ0n) is 8.96. The molecule has 0 aromatic heterocycles. The van der Waals surface area contributed by atoms with Crippen molar-refractivity contribution in [3.05, 3.63) is 34.1 Å². The summed E-state index contributed by atoms with van der Waals surface area (Å²) in [7, 11) is 0. The molecule has 0 saturated carbocycles. The van der Waals surface area contributed by atoms with Gasteiger partial charge < -0.3 is 10.5 Å². The number of ether oxygens (including phenoxy) is 1. The summed E-state index contributed by atoms with van der Waals surface area (Å²) in [6.45, 7) is 1.23. The van der Waals surface area contributed by atoms with Crippen LogP contribution in [-0.2, 0) is 4.74 Å². The molecule has 4 heteroatoms. The van der Waals surface area contributed by atoms with Gasteiger partial charge in [0.2, 0.25) is 0 Å². The summed E-state index contributed by atoms with van der Waals surface area (Å²) >= 11 is 3.35. The molecule has 1 aromatic rings. The molecule has 1 saturated heterocycles. The second-order valence-corrected chi connectivity index (χ2v) is 5.01. The highest BCUT2D eigenvalue weighted by molar-refractivity contribution is 9.10. The Labute approximate surface area is 103 Å². The summed E-state index contributed by atoms with van der Waals surface area (Å²) in [5, 5.41) is 0. The summed E-state index contributed by atoms with van der Waals surface area (Å²) in [5.41, 5.74) is 6.32. The number of nitrogens with two attached hydrogens (primary N) is 1. The Morgan fingerprint density at radius 3 is 3.06 bits per heavy atom.